The summed E-state index contributed by atoms with van der Waals surface area (Å²) in [4.78, 5) is 16.1. The summed E-state index contributed by atoms with van der Waals surface area (Å²) >= 11 is 0. The Hall–Kier alpha value is -2.15. The highest BCUT2D eigenvalue weighted by Gasteiger charge is 2.16. The number of methoxy groups -OCH3 is 2. The van der Waals surface area contributed by atoms with E-state index in [2.05, 4.69) is 5.32 Å². The van der Waals surface area contributed by atoms with E-state index in [-0.39, 0.29) is 12.1 Å². The number of amides is 2. The van der Waals surface area contributed by atoms with E-state index in [0.29, 0.717) is 36.9 Å². The predicted molar refractivity (Wildman–Crippen MR) is 98.8 cm³/mol. The Balaban J connectivity index is 2.53. The second kappa shape index (κ2) is 10.7. The molecule has 2 amide bonds. The molecule has 142 valence electrons. The van der Waals surface area contributed by atoms with Crippen molar-refractivity contribution in [1.29, 1.82) is 0 Å². The zero-order valence-corrected chi connectivity index (χ0v) is 16.2. The molecular weight excluding hydrogens is 322 g/mol. The standard InChI is InChI=1S/C18H31N3O4/c1-14(2)21(18(22)19-9-10-20(3)4)11-12-25-15-7-8-16(23-5)17(13-15)24-6/h7-8,13-14H,9-12H2,1-6H3,(H,19,22). The van der Waals surface area contributed by atoms with E-state index in [1.54, 1.807) is 31.3 Å². The van der Waals surface area contributed by atoms with Gasteiger partial charge in [-0.15, -0.1) is 0 Å². The van der Waals surface area contributed by atoms with E-state index in [1.165, 1.54) is 0 Å². The number of nitrogens with one attached hydrogen (secondary N) is 1. The number of hydrogen-bond donors (Lipinski definition) is 1. The van der Waals surface area contributed by atoms with Gasteiger partial charge in [-0.1, -0.05) is 0 Å². The summed E-state index contributed by atoms with van der Waals surface area (Å²) < 4.78 is 16.2. The molecule has 0 spiro atoms. The third-order valence-corrected chi connectivity index (χ3v) is 3.68. The van der Waals surface area contributed by atoms with Gasteiger partial charge in [-0.3, -0.25) is 0 Å². The van der Waals surface area contributed by atoms with Crippen LogP contribution in [0.5, 0.6) is 17.2 Å². The summed E-state index contributed by atoms with van der Waals surface area (Å²) in [6.45, 7) is 6.30. The molecule has 0 aliphatic carbocycles. The molecule has 7 heteroatoms. The SMILES string of the molecule is COc1ccc(OCCN(C(=O)NCCN(C)C)C(C)C)cc1OC. The summed E-state index contributed by atoms with van der Waals surface area (Å²) in [7, 11) is 7.13. The van der Waals surface area contributed by atoms with E-state index < -0.39 is 0 Å². The first-order valence-electron chi connectivity index (χ1n) is 8.43. The van der Waals surface area contributed by atoms with Gasteiger partial charge in [0.2, 0.25) is 0 Å². The van der Waals surface area contributed by atoms with Gasteiger partial charge in [-0.25, -0.2) is 4.79 Å². The van der Waals surface area contributed by atoms with Gasteiger partial charge in [0, 0.05) is 25.2 Å². The first-order chi connectivity index (χ1) is 11.9. The summed E-state index contributed by atoms with van der Waals surface area (Å²) in [5.74, 6) is 1.94. The molecule has 1 N–H and O–H groups in total. The molecule has 0 saturated heterocycles. The molecule has 0 unspecified atom stereocenters. The molecule has 0 fully saturated rings. The average Bonchev–Trinajstić information content (AvgIpc) is 2.57. The van der Waals surface area contributed by atoms with Gasteiger partial charge in [0.15, 0.2) is 11.5 Å². The summed E-state index contributed by atoms with van der Waals surface area (Å²) in [6.07, 6.45) is 0. The molecule has 0 saturated carbocycles. The molecule has 1 aromatic carbocycles. The second-order valence-corrected chi connectivity index (χ2v) is 6.19. The number of nitrogens with zero attached hydrogens (tertiary/aromatic N) is 2. The number of benzene rings is 1. The Morgan fingerprint density at radius 3 is 2.36 bits per heavy atom. The van der Waals surface area contributed by atoms with Crippen molar-refractivity contribution >= 4 is 6.03 Å². The highest BCUT2D eigenvalue weighted by Crippen LogP contribution is 2.30. The van der Waals surface area contributed by atoms with Crippen LogP contribution in [0.4, 0.5) is 4.79 Å². The minimum atomic E-state index is -0.0761. The van der Waals surface area contributed by atoms with Crippen molar-refractivity contribution in [3.8, 4) is 17.2 Å². The zero-order valence-electron chi connectivity index (χ0n) is 16.2. The lowest BCUT2D eigenvalue weighted by Gasteiger charge is -2.27. The van der Waals surface area contributed by atoms with Crippen LogP contribution in [0, 0.1) is 0 Å². The van der Waals surface area contributed by atoms with Crippen LogP contribution in [0.15, 0.2) is 18.2 Å². The van der Waals surface area contributed by atoms with Crippen LogP contribution in [0.2, 0.25) is 0 Å². The Kier molecular flexibility index (Phi) is 8.91. The molecule has 0 atom stereocenters. The van der Waals surface area contributed by atoms with Crippen LogP contribution >= 0.6 is 0 Å². The van der Waals surface area contributed by atoms with Crippen molar-refractivity contribution in [3.63, 3.8) is 0 Å². The zero-order chi connectivity index (χ0) is 18.8. The fourth-order valence-corrected chi connectivity index (χ4v) is 2.25. The smallest absolute Gasteiger partial charge is 0.317 e. The highest BCUT2D eigenvalue weighted by molar-refractivity contribution is 5.74. The maximum atomic E-state index is 12.3. The molecule has 0 aliphatic rings. The van der Waals surface area contributed by atoms with Gasteiger partial charge in [-0.05, 0) is 40.1 Å². The Morgan fingerprint density at radius 1 is 1.12 bits per heavy atom. The first-order valence-corrected chi connectivity index (χ1v) is 8.43. The van der Waals surface area contributed by atoms with Crippen LogP contribution in [0.3, 0.4) is 0 Å². The fraction of sp³-hybridized carbons (Fsp3) is 0.611. The normalized spacial score (nSPS) is 10.7. The van der Waals surface area contributed by atoms with Gasteiger partial charge in [0.25, 0.3) is 0 Å². The van der Waals surface area contributed by atoms with E-state index in [0.717, 1.165) is 6.54 Å². The van der Waals surface area contributed by atoms with Gasteiger partial charge < -0.3 is 29.3 Å². The third-order valence-electron chi connectivity index (χ3n) is 3.68. The maximum absolute atomic E-state index is 12.3. The molecule has 1 rings (SSSR count). The molecule has 7 nitrogen and oxygen atoms in total. The van der Waals surface area contributed by atoms with Crippen molar-refractivity contribution in [2.24, 2.45) is 0 Å². The third kappa shape index (κ3) is 7.09. The van der Waals surface area contributed by atoms with Crippen LogP contribution in [-0.4, -0.2) is 76.4 Å². The molecule has 0 aromatic heterocycles. The topological polar surface area (TPSA) is 63.3 Å². The van der Waals surface area contributed by atoms with Gasteiger partial charge in [0.1, 0.15) is 12.4 Å². The van der Waals surface area contributed by atoms with Crippen LogP contribution in [0.25, 0.3) is 0 Å². The Morgan fingerprint density at radius 2 is 1.80 bits per heavy atom. The number of ether oxygens (including phenoxy) is 3. The lowest BCUT2D eigenvalue weighted by atomic mass is 10.3. The predicted octanol–water partition coefficient (Wildman–Crippen LogP) is 2.06. The quantitative estimate of drug-likeness (QED) is 0.698. The van der Waals surface area contributed by atoms with Crippen molar-refractivity contribution in [1.82, 2.24) is 15.1 Å². The average molecular weight is 353 g/mol. The second-order valence-electron chi connectivity index (χ2n) is 6.19. The number of likely N-dealkylation sites (N-methyl/N-ethyl adjacent to an activating group) is 1. The van der Waals surface area contributed by atoms with E-state index in [4.69, 9.17) is 14.2 Å². The fourth-order valence-electron chi connectivity index (χ4n) is 2.25. The first kappa shape index (κ1) is 20.9. The van der Waals surface area contributed by atoms with E-state index in [9.17, 15) is 4.79 Å². The minimum Gasteiger partial charge on any atom is -0.493 e. The van der Waals surface area contributed by atoms with Crippen molar-refractivity contribution in [2.45, 2.75) is 19.9 Å². The molecule has 0 aliphatic heterocycles. The number of carbonyl (C=O) groups is 1. The van der Waals surface area contributed by atoms with Gasteiger partial charge >= 0.3 is 6.03 Å². The summed E-state index contributed by atoms with van der Waals surface area (Å²) in [5.41, 5.74) is 0. The van der Waals surface area contributed by atoms with Crippen LogP contribution in [0.1, 0.15) is 13.8 Å². The van der Waals surface area contributed by atoms with Crippen molar-refractivity contribution in [2.75, 3.05) is 54.6 Å². The monoisotopic (exact) mass is 353 g/mol. The molecule has 0 radical (unpaired) electrons. The lowest BCUT2D eigenvalue weighted by Crippen LogP contribution is -2.47. The largest absolute Gasteiger partial charge is 0.493 e. The lowest BCUT2D eigenvalue weighted by molar-refractivity contribution is 0.165. The molecular formula is C18H31N3O4. The van der Waals surface area contributed by atoms with Crippen LogP contribution in [-0.2, 0) is 0 Å². The molecule has 1 aromatic rings. The molecule has 0 heterocycles. The number of carbonyl (C=O) groups excluding carboxylic acids is 1. The Bertz CT molecular complexity index is 535. The van der Waals surface area contributed by atoms with Crippen molar-refractivity contribution in [3.05, 3.63) is 18.2 Å². The van der Waals surface area contributed by atoms with Crippen molar-refractivity contribution < 1.29 is 19.0 Å². The number of hydrogen-bond acceptors (Lipinski definition) is 5. The van der Waals surface area contributed by atoms with E-state index >= 15 is 0 Å². The number of urea groups is 1. The molecule has 25 heavy (non-hydrogen) atoms. The molecule has 0 bridgehead atoms. The summed E-state index contributed by atoms with van der Waals surface area (Å²) in [5, 5.41) is 2.93. The maximum Gasteiger partial charge on any atom is 0.317 e. The van der Waals surface area contributed by atoms with Gasteiger partial charge in [0.05, 0.1) is 20.8 Å². The van der Waals surface area contributed by atoms with E-state index in [1.807, 2.05) is 38.9 Å². The Labute approximate surface area is 150 Å². The minimum absolute atomic E-state index is 0.0761. The summed E-state index contributed by atoms with van der Waals surface area (Å²) in [6, 6.07) is 5.40. The highest BCUT2D eigenvalue weighted by atomic mass is 16.5. The van der Waals surface area contributed by atoms with Crippen LogP contribution < -0.4 is 19.5 Å². The van der Waals surface area contributed by atoms with Gasteiger partial charge in [-0.2, -0.15) is 0 Å². The number of rotatable bonds is 10.